The summed E-state index contributed by atoms with van der Waals surface area (Å²) in [5.74, 6) is -2.25. The lowest BCUT2D eigenvalue weighted by Crippen LogP contribution is -2.42. The number of carbonyl (C=O) groups is 2. The number of carbonyl (C=O) groups excluding carboxylic acids is 1. The third-order valence-corrected chi connectivity index (χ3v) is 5.91. The Morgan fingerprint density at radius 1 is 1.47 bits per heavy atom. The number of ether oxygens (including phenoxy) is 2. The lowest BCUT2D eigenvalue weighted by molar-refractivity contribution is -0.192. The average molecular weight is 453 g/mol. The molecule has 1 amide bonds. The number of amides is 1. The van der Waals surface area contributed by atoms with Crippen LogP contribution in [0.2, 0.25) is 0 Å². The van der Waals surface area contributed by atoms with Gasteiger partial charge in [0.25, 0.3) is 0 Å². The largest absolute Gasteiger partial charge is 0.490 e. The first-order valence-electron chi connectivity index (χ1n) is 9.45. The number of nitrogens with one attached hydrogen (secondary N) is 1. The van der Waals surface area contributed by atoms with Crippen molar-refractivity contribution in [3.8, 4) is 0 Å². The predicted molar refractivity (Wildman–Crippen MR) is 102 cm³/mol. The summed E-state index contributed by atoms with van der Waals surface area (Å²) in [5.41, 5.74) is 3.03. The Labute approximate surface area is 176 Å². The Morgan fingerprint density at radius 3 is 2.73 bits per heavy atom. The molecule has 2 N–H and O–H groups in total. The van der Waals surface area contributed by atoms with E-state index in [1.54, 1.807) is 18.4 Å². The zero-order chi connectivity index (χ0) is 22.3. The molecule has 3 atom stereocenters. The normalized spacial score (nSPS) is 24.0. The van der Waals surface area contributed by atoms with Gasteiger partial charge in [-0.2, -0.15) is 13.2 Å². The number of likely N-dealkylation sites (tertiary alicyclic amines) is 1. The van der Waals surface area contributed by atoms with Gasteiger partial charge in [-0.05, 0) is 32.2 Å². The van der Waals surface area contributed by atoms with Crippen LogP contribution in [-0.4, -0.2) is 78.6 Å². The third-order valence-electron chi connectivity index (χ3n) is 4.99. The maximum absolute atomic E-state index is 12.1. The van der Waals surface area contributed by atoms with Crippen molar-refractivity contribution in [1.82, 2.24) is 15.2 Å². The standard InChI is InChI=1S/C16H25N3O3S.C2HF3O2/c1-11-15(23-10-18-11)9-19-5-3-12-7-13(22-14(12)8-19)16(20)17-4-6-21-2;3-2(4,5)1(6)7/h10,12-14H,3-9H2,1-2H3,(H,17,20);(H,6,7)/t12-,13-,14-;/m0./s1. The minimum Gasteiger partial charge on any atom is -0.475 e. The van der Waals surface area contributed by atoms with Crippen molar-refractivity contribution < 1.29 is 37.3 Å². The summed E-state index contributed by atoms with van der Waals surface area (Å²) in [5, 5.41) is 10.0. The molecule has 30 heavy (non-hydrogen) atoms. The van der Waals surface area contributed by atoms with Crippen molar-refractivity contribution in [2.24, 2.45) is 5.92 Å². The topological polar surface area (TPSA) is 101 Å². The summed E-state index contributed by atoms with van der Waals surface area (Å²) in [6, 6.07) is 0. The highest BCUT2D eigenvalue weighted by molar-refractivity contribution is 7.09. The van der Waals surface area contributed by atoms with Crippen molar-refractivity contribution in [1.29, 1.82) is 0 Å². The zero-order valence-electron chi connectivity index (χ0n) is 16.8. The number of halogens is 3. The summed E-state index contributed by atoms with van der Waals surface area (Å²) in [6.07, 6.45) is -3.26. The summed E-state index contributed by atoms with van der Waals surface area (Å²) >= 11 is 1.72. The predicted octanol–water partition coefficient (Wildman–Crippen LogP) is 1.83. The first-order chi connectivity index (χ1) is 14.1. The molecule has 0 spiro atoms. The number of piperidine rings is 1. The van der Waals surface area contributed by atoms with Gasteiger partial charge in [0, 0.05) is 31.6 Å². The second-order valence-corrected chi connectivity index (χ2v) is 8.07. The van der Waals surface area contributed by atoms with Crippen molar-refractivity contribution >= 4 is 23.2 Å². The van der Waals surface area contributed by atoms with Crippen LogP contribution in [0.3, 0.4) is 0 Å². The quantitative estimate of drug-likeness (QED) is 0.634. The number of aryl methyl sites for hydroxylation is 1. The second-order valence-electron chi connectivity index (χ2n) is 7.13. The molecule has 0 saturated carbocycles. The van der Waals surface area contributed by atoms with E-state index in [1.165, 1.54) is 4.88 Å². The number of carboxylic acid groups (broad SMARTS) is 1. The molecule has 3 heterocycles. The molecule has 2 saturated heterocycles. The zero-order valence-corrected chi connectivity index (χ0v) is 17.6. The maximum atomic E-state index is 12.1. The SMILES string of the molecule is COCCNC(=O)[C@@H]1C[C@@H]2CCN(Cc3scnc3C)C[C@@H]2O1.O=C(O)C(F)(F)F. The van der Waals surface area contributed by atoms with Gasteiger partial charge in [-0.25, -0.2) is 9.78 Å². The summed E-state index contributed by atoms with van der Waals surface area (Å²) in [6.45, 7) is 6.05. The average Bonchev–Trinajstić information content (AvgIpc) is 3.27. The molecule has 1 aromatic rings. The molecule has 0 aromatic carbocycles. The fraction of sp³-hybridized carbons (Fsp3) is 0.722. The molecule has 3 rings (SSSR count). The molecule has 1 aromatic heterocycles. The number of fused-ring (bicyclic) bond motifs is 1. The lowest BCUT2D eigenvalue weighted by atomic mass is 9.91. The van der Waals surface area contributed by atoms with Gasteiger partial charge in [0.1, 0.15) is 6.10 Å². The van der Waals surface area contributed by atoms with Gasteiger partial charge in [-0.1, -0.05) is 0 Å². The van der Waals surface area contributed by atoms with Crippen LogP contribution in [0, 0.1) is 12.8 Å². The highest BCUT2D eigenvalue weighted by Gasteiger charge is 2.41. The molecular weight excluding hydrogens is 427 g/mol. The van der Waals surface area contributed by atoms with E-state index in [9.17, 15) is 18.0 Å². The fourth-order valence-corrected chi connectivity index (χ4v) is 4.20. The molecule has 2 aliphatic rings. The Bertz CT molecular complexity index is 715. The minimum absolute atomic E-state index is 0.00120. The number of nitrogens with zero attached hydrogens (tertiary/aromatic N) is 2. The van der Waals surface area contributed by atoms with E-state index < -0.39 is 12.1 Å². The number of rotatable bonds is 6. The van der Waals surface area contributed by atoms with Gasteiger partial charge >= 0.3 is 12.1 Å². The number of hydrogen-bond donors (Lipinski definition) is 2. The van der Waals surface area contributed by atoms with E-state index in [0.29, 0.717) is 19.1 Å². The first-order valence-corrected chi connectivity index (χ1v) is 10.3. The highest BCUT2D eigenvalue weighted by Crippen LogP contribution is 2.34. The molecule has 0 aliphatic carbocycles. The van der Waals surface area contributed by atoms with E-state index in [2.05, 4.69) is 22.1 Å². The van der Waals surface area contributed by atoms with Crippen molar-refractivity contribution in [2.75, 3.05) is 33.4 Å². The third kappa shape index (κ3) is 7.18. The number of aliphatic carboxylic acids is 1. The number of hydrogen-bond acceptors (Lipinski definition) is 7. The first kappa shape index (κ1) is 24.5. The van der Waals surface area contributed by atoms with Crippen LogP contribution in [0.4, 0.5) is 13.2 Å². The van der Waals surface area contributed by atoms with Crippen LogP contribution < -0.4 is 5.32 Å². The molecule has 2 aliphatic heterocycles. The lowest BCUT2D eigenvalue weighted by Gasteiger charge is -2.33. The molecule has 0 radical (unpaired) electrons. The van der Waals surface area contributed by atoms with Crippen LogP contribution in [0.15, 0.2) is 5.51 Å². The summed E-state index contributed by atoms with van der Waals surface area (Å²) in [7, 11) is 1.63. The Morgan fingerprint density at radius 2 is 2.17 bits per heavy atom. The van der Waals surface area contributed by atoms with Crippen LogP contribution in [0.1, 0.15) is 23.4 Å². The second kappa shape index (κ2) is 11.0. The number of methoxy groups -OCH3 is 1. The molecule has 12 heteroatoms. The minimum atomic E-state index is -5.08. The van der Waals surface area contributed by atoms with Crippen molar-refractivity contribution in [3.05, 3.63) is 16.1 Å². The smallest absolute Gasteiger partial charge is 0.475 e. The number of carboxylic acids is 1. The highest BCUT2D eigenvalue weighted by atomic mass is 32.1. The molecule has 0 unspecified atom stereocenters. The molecule has 8 nitrogen and oxygen atoms in total. The fourth-order valence-electron chi connectivity index (χ4n) is 3.38. The Balaban J connectivity index is 0.000000396. The van der Waals surface area contributed by atoms with E-state index in [0.717, 1.165) is 38.2 Å². The molecule has 0 bridgehead atoms. The van der Waals surface area contributed by atoms with Crippen molar-refractivity contribution in [2.45, 2.75) is 44.7 Å². The van der Waals surface area contributed by atoms with Gasteiger partial charge in [-0.3, -0.25) is 9.69 Å². The van der Waals surface area contributed by atoms with E-state index >= 15 is 0 Å². The van der Waals surface area contributed by atoms with Crippen molar-refractivity contribution in [3.63, 3.8) is 0 Å². The van der Waals surface area contributed by atoms with Gasteiger partial charge in [0.15, 0.2) is 0 Å². The van der Waals surface area contributed by atoms with Crippen LogP contribution in [0.5, 0.6) is 0 Å². The number of aromatic nitrogens is 1. The molecule has 2 fully saturated rings. The Hall–Kier alpha value is -1.76. The van der Waals surface area contributed by atoms with E-state index in [1.807, 2.05) is 5.51 Å². The molecule has 170 valence electrons. The Kier molecular flexibility index (Phi) is 9.01. The van der Waals surface area contributed by atoms with E-state index in [4.69, 9.17) is 19.4 Å². The van der Waals surface area contributed by atoms with Gasteiger partial charge in [0.2, 0.25) is 5.91 Å². The molecular formula is C18H26F3N3O5S. The van der Waals surface area contributed by atoms with E-state index in [-0.39, 0.29) is 18.1 Å². The number of thiazole rings is 1. The number of alkyl halides is 3. The van der Waals surface area contributed by atoms with Crippen LogP contribution >= 0.6 is 11.3 Å². The van der Waals surface area contributed by atoms with Gasteiger partial charge in [0.05, 0.1) is 23.9 Å². The monoisotopic (exact) mass is 453 g/mol. The summed E-state index contributed by atoms with van der Waals surface area (Å²) in [4.78, 5) is 29.1. The van der Waals surface area contributed by atoms with Gasteiger partial charge < -0.3 is 19.9 Å². The maximum Gasteiger partial charge on any atom is 0.490 e. The summed E-state index contributed by atoms with van der Waals surface area (Å²) < 4.78 is 42.7. The van der Waals surface area contributed by atoms with Gasteiger partial charge in [-0.15, -0.1) is 11.3 Å². The van der Waals surface area contributed by atoms with Crippen LogP contribution in [0.25, 0.3) is 0 Å². The van der Waals surface area contributed by atoms with Crippen LogP contribution in [-0.2, 0) is 25.6 Å².